The number of aliphatic hydroxyl groups excluding tert-OH is 1. The molecule has 2 aliphatic rings. The zero-order chi connectivity index (χ0) is 14.3. The molecule has 19 heavy (non-hydrogen) atoms. The van der Waals surface area contributed by atoms with Crippen molar-refractivity contribution in [2.75, 3.05) is 20.3 Å². The van der Waals surface area contributed by atoms with E-state index in [1.165, 1.54) is 12.8 Å². The Morgan fingerprint density at radius 1 is 1.37 bits per heavy atom. The van der Waals surface area contributed by atoms with Crippen LogP contribution in [0.4, 0.5) is 0 Å². The summed E-state index contributed by atoms with van der Waals surface area (Å²) in [4.78, 5) is 0. The summed E-state index contributed by atoms with van der Waals surface area (Å²) in [6, 6.07) is -0.263. The average molecular weight is 271 g/mol. The molecule has 4 heteroatoms. The van der Waals surface area contributed by atoms with E-state index < -0.39 is 0 Å². The Labute approximate surface area is 116 Å². The van der Waals surface area contributed by atoms with E-state index in [0.29, 0.717) is 12.0 Å². The van der Waals surface area contributed by atoms with Gasteiger partial charge in [-0.05, 0) is 36.0 Å². The molecule has 0 radical (unpaired) electrons. The topological polar surface area (TPSA) is 64.7 Å². The minimum absolute atomic E-state index is 0.0395. The van der Waals surface area contributed by atoms with Gasteiger partial charge in [0, 0.05) is 7.11 Å². The summed E-state index contributed by atoms with van der Waals surface area (Å²) in [5, 5.41) is 9.51. The van der Waals surface area contributed by atoms with Crippen molar-refractivity contribution < 1.29 is 14.6 Å². The minimum Gasteiger partial charge on any atom is -0.394 e. The molecule has 2 bridgehead atoms. The van der Waals surface area contributed by atoms with Crippen LogP contribution >= 0.6 is 0 Å². The first-order valence-corrected chi connectivity index (χ1v) is 7.37. The van der Waals surface area contributed by atoms with Crippen molar-refractivity contribution in [3.8, 4) is 0 Å². The van der Waals surface area contributed by atoms with Gasteiger partial charge in [-0.15, -0.1) is 0 Å². The molecule has 5 atom stereocenters. The zero-order valence-corrected chi connectivity index (χ0v) is 12.7. The summed E-state index contributed by atoms with van der Waals surface area (Å²) in [5.41, 5.74) is 6.54. The lowest BCUT2D eigenvalue weighted by Crippen LogP contribution is -2.47. The van der Waals surface area contributed by atoms with Crippen LogP contribution in [-0.2, 0) is 9.47 Å². The minimum atomic E-state index is -0.322. The smallest absolute Gasteiger partial charge is 0.0982 e. The predicted octanol–water partition coefficient (Wildman–Crippen LogP) is 1.55. The van der Waals surface area contributed by atoms with E-state index in [-0.39, 0.29) is 30.3 Å². The first kappa shape index (κ1) is 15.2. The molecule has 2 saturated carbocycles. The largest absolute Gasteiger partial charge is 0.394 e. The van der Waals surface area contributed by atoms with Crippen LogP contribution in [0.15, 0.2) is 0 Å². The maximum atomic E-state index is 9.51. The second kappa shape index (κ2) is 5.32. The molecule has 0 aliphatic heterocycles. The lowest BCUT2D eigenvalue weighted by Gasteiger charge is -2.40. The number of fused-ring (bicyclic) bond motifs is 2. The van der Waals surface area contributed by atoms with E-state index in [2.05, 4.69) is 20.8 Å². The molecule has 2 fully saturated rings. The van der Waals surface area contributed by atoms with Crippen molar-refractivity contribution in [3.63, 3.8) is 0 Å². The SMILES string of the molecule is COCC(N)C(CO)OC1CC2CCC1(C)C2(C)C. The fraction of sp³-hybridized carbons (Fsp3) is 1.00. The van der Waals surface area contributed by atoms with E-state index in [1.807, 2.05) is 0 Å². The van der Waals surface area contributed by atoms with Crippen molar-refractivity contribution in [3.05, 3.63) is 0 Å². The number of hydrogen-bond donors (Lipinski definition) is 2. The summed E-state index contributed by atoms with van der Waals surface area (Å²) in [5.74, 6) is 0.737. The predicted molar refractivity (Wildman–Crippen MR) is 74.8 cm³/mol. The van der Waals surface area contributed by atoms with Gasteiger partial charge in [-0.1, -0.05) is 20.8 Å². The second-order valence-electron chi connectivity index (χ2n) is 7.08. The number of rotatable bonds is 6. The fourth-order valence-corrected chi connectivity index (χ4v) is 4.13. The molecule has 0 saturated heterocycles. The molecule has 0 aromatic heterocycles. The van der Waals surface area contributed by atoms with Gasteiger partial charge in [0.05, 0.1) is 31.5 Å². The van der Waals surface area contributed by atoms with Gasteiger partial charge in [-0.3, -0.25) is 0 Å². The van der Waals surface area contributed by atoms with Crippen LogP contribution in [0.1, 0.15) is 40.0 Å². The van der Waals surface area contributed by atoms with Crippen molar-refractivity contribution in [2.45, 2.75) is 58.3 Å². The van der Waals surface area contributed by atoms with Crippen molar-refractivity contribution in [1.29, 1.82) is 0 Å². The van der Waals surface area contributed by atoms with Crippen LogP contribution in [0.2, 0.25) is 0 Å². The molecule has 2 aliphatic carbocycles. The Hall–Kier alpha value is -0.160. The monoisotopic (exact) mass is 271 g/mol. The number of ether oxygens (including phenoxy) is 2. The fourth-order valence-electron chi connectivity index (χ4n) is 4.13. The molecule has 0 aromatic rings. The van der Waals surface area contributed by atoms with Crippen LogP contribution in [0.5, 0.6) is 0 Å². The quantitative estimate of drug-likeness (QED) is 0.769. The lowest BCUT2D eigenvalue weighted by molar-refractivity contribution is -0.113. The summed E-state index contributed by atoms with van der Waals surface area (Å²) in [6.07, 6.45) is 3.50. The molecule has 4 nitrogen and oxygen atoms in total. The average Bonchev–Trinajstić information content (AvgIpc) is 2.68. The highest BCUT2D eigenvalue weighted by molar-refractivity contribution is 5.11. The summed E-state index contributed by atoms with van der Waals surface area (Å²) in [7, 11) is 1.62. The highest BCUT2D eigenvalue weighted by Gasteiger charge is 2.62. The van der Waals surface area contributed by atoms with Crippen molar-refractivity contribution in [2.24, 2.45) is 22.5 Å². The molecule has 112 valence electrons. The summed E-state index contributed by atoms with van der Waals surface area (Å²) in [6.45, 7) is 7.43. The molecule has 2 rings (SSSR count). The van der Waals surface area contributed by atoms with E-state index in [4.69, 9.17) is 15.2 Å². The molecular formula is C15H29NO3. The molecule has 5 unspecified atom stereocenters. The zero-order valence-electron chi connectivity index (χ0n) is 12.7. The Morgan fingerprint density at radius 3 is 2.47 bits per heavy atom. The Bertz CT molecular complexity index is 321. The molecule has 0 spiro atoms. The third kappa shape index (κ3) is 2.33. The van der Waals surface area contributed by atoms with Crippen molar-refractivity contribution in [1.82, 2.24) is 0 Å². The van der Waals surface area contributed by atoms with Gasteiger partial charge in [0.1, 0.15) is 0 Å². The normalized spacial score (nSPS) is 39.5. The molecule has 0 aromatic carbocycles. The number of aliphatic hydroxyl groups is 1. The number of methoxy groups -OCH3 is 1. The molecule has 0 amide bonds. The maximum absolute atomic E-state index is 9.51. The standard InChI is InChI=1S/C15H29NO3/c1-14(2)10-5-6-15(14,3)13(7-10)19-12(8-17)11(16)9-18-4/h10-13,17H,5-9,16H2,1-4H3. The van der Waals surface area contributed by atoms with Crippen LogP contribution in [0.3, 0.4) is 0 Å². The third-order valence-electron chi connectivity index (χ3n) is 6.07. The van der Waals surface area contributed by atoms with Crippen LogP contribution in [0.25, 0.3) is 0 Å². The molecule has 3 N–H and O–H groups in total. The highest BCUT2D eigenvalue weighted by Crippen LogP contribution is 2.66. The highest BCUT2D eigenvalue weighted by atomic mass is 16.5. The van der Waals surface area contributed by atoms with E-state index in [9.17, 15) is 5.11 Å². The van der Waals surface area contributed by atoms with Crippen molar-refractivity contribution >= 4 is 0 Å². The number of hydrogen-bond acceptors (Lipinski definition) is 4. The lowest BCUT2D eigenvalue weighted by atomic mass is 9.70. The van der Waals surface area contributed by atoms with E-state index in [0.717, 1.165) is 12.3 Å². The van der Waals surface area contributed by atoms with Gasteiger partial charge in [-0.25, -0.2) is 0 Å². The second-order valence-corrected chi connectivity index (χ2v) is 7.08. The molecule has 0 heterocycles. The van der Waals surface area contributed by atoms with E-state index in [1.54, 1.807) is 7.11 Å². The van der Waals surface area contributed by atoms with Gasteiger partial charge in [-0.2, -0.15) is 0 Å². The Morgan fingerprint density at radius 2 is 2.05 bits per heavy atom. The van der Waals surface area contributed by atoms with Crippen LogP contribution < -0.4 is 5.73 Å². The van der Waals surface area contributed by atoms with Crippen LogP contribution in [-0.4, -0.2) is 43.7 Å². The van der Waals surface area contributed by atoms with Gasteiger partial charge in [0.15, 0.2) is 0 Å². The number of nitrogens with two attached hydrogens (primary N) is 1. The first-order valence-electron chi connectivity index (χ1n) is 7.37. The van der Waals surface area contributed by atoms with Gasteiger partial charge in [0.25, 0.3) is 0 Å². The van der Waals surface area contributed by atoms with Crippen LogP contribution in [0, 0.1) is 16.7 Å². The molecular weight excluding hydrogens is 242 g/mol. The third-order valence-corrected chi connectivity index (χ3v) is 6.07. The summed E-state index contributed by atoms with van der Waals surface area (Å²) >= 11 is 0. The Kier molecular flexibility index (Phi) is 4.26. The Balaban J connectivity index is 2.04. The maximum Gasteiger partial charge on any atom is 0.0982 e. The summed E-state index contributed by atoms with van der Waals surface area (Å²) < 4.78 is 11.3. The first-order chi connectivity index (χ1) is 8.86. The van der Waals surface area contributed by atoms with E-state index >= 15 is 0 Å². The van der Waals surface area contributed by atoms with Gasteiger partial charge in [0.2, 0.25) is 0 Å². The van der Waals surface area contributed by atoms with Gasteiger partial charge >= 0.3 is 0 Å². The van der Waals surface area contributed by atoms with Gasteiger partial charge < -0.3 is 20.3 Å².